The summed E-state index contributed by atoms with van der Waals surface area (Å²) in [6, 6.07) is 23.2. The average molecular weight is 571 g/mol. The van der Waals surface area contributed by atoms with Crippen molar-refractivity contribution in [3.63, 3.8) is 0 Å². The molecule has 0 atom stereocenters. The smallest absolute Gasteiger partial charge is 0.250 e. The van der Waals surface area contributed by atoms with E-state index in [0.29, 0.717) is 28.5 Å². The van der Waals surface area contributed by atoms with Gasteiger partial charge in [-0.3, -0.25) is 14.3 Å². The summed E-state index contributed by atoms with van der Waals surface area (Å²) in [4.78, 5) is 39.7. The first kappa shape index (κ1) is 26.5. The zero-order valence-electron chi connectivity index (χ0n) is 23.7. The molecule has 0 bridgehead atoms. The lowest BCUT2D eigenvalue weighted by Gasteiger charge is -2.35. The Labute approximate surface area is 247 Å². The van der Waals surface area contributed by atoms with Crippen molar-refractivity contribution in [3.05, 3.63) is 107 Å². The van der Waals surface area contributed by atoms with E-state index in [-0.39, 0.29) is 5.56 Å². The van der Waals surface area contributed by atoms with Crippen molar-refractivity contribution in [2.75, 3.05) is 36.8 Å². The Morgan fingerprint density at radius 1 is 0.837 bits per heavy atom. The van der Waals surface area contributed by atoms with Gasteiger partial charge < -0.3 is 15.2 Å². The van der Waals surface area contributed by atoms with E-state index in [4.69, 9.17) is 15.7 Å². The van der Waals surface area contributed by atoms with Crippen LogP contribution in [-0.2, 0) is 13.6 Å². The predicted octanol–water partition coefficient (Wildman–Crippen LogP) is 3.54. The monoisotopic (exact) mass is 570 g/mol. The third kappa shape index (κ3) is 5.10. The van der Waals surface area contributed by atoms with Crippen LogP contribution in [0, 0.1) is 0 Å². The number of pyridine rings is 3. The number of piperazine rings is 1. The molecule has 43 heavy (non-hydrogen) atoms. The Morgan fingerprint density at radius 2 is 1.67 bits per heavy atom. The van der Waals surface area contributed by atoms with E-state index in [1.165, 1.54) is 11.6 Å². The highest BCUT2D eigenvalue weighted by Crippen LogP contribution is 2.31. The Hall–Kier alpha value is -5.42. The molecule has 1 aromatic carbocycles. The summed E-state index contributed by atoms with van der Waals surface area (Å²) in [6.45, 7) is 4.61. The van der Waals surface area contributed by atoms with Crippen molar-refractivity contribution in [1.82, 2.24) is 39.0 Å². The highest BCUT2D eigenvalue weighted by molar-refractivity contribution is 5.84. The van der Waals surface area contributed by atoms with Crippen LogP contribution >= 0.6 is 0 Å². The number of nitrogens with two attached hydrogens (primary N) is 1. The van der Waals surface area contributed by atoms with Gasteiger partial charge in [0.05, 0.1) is 17.0 Å². The van der Waals surface area contributed by atoms with Gasteiger partial charge in [-0.15, -0.1) is 0 Å². The van der Waals surface area contributed by atoms with Crippen LogP contribution in [0.4, 0.5) is 11.6 Å². The quantitative estimate of drug-likeness (QED) is 0.320. The third-order valence-corrected chi connectivity index (χ3v) is 7.89. The number of hydrogen-bond acceptors (Lipinski definition) is 9. The molecule has 6 aromatic rings. The van der Waals surface area contributed by atoms with Gasteiger partial charge in [-0.25, -0.2) is 24.9 Å². The molecule has 2 N–H and O–H groups in total. The number of nitrogens with zero attached hydrogens (tertiary/aromatic N) is 9. The van der Waals surface area contributed by atoms with Crippen LogP contribution in [0.5, 0.6) is 0 Å². The first-order valence-electron chi connectivity index (χ1n) is 14.1. The fourth-order valence-electron chi connectivity index (χ4n) is 5.57. The van der Waals surface area contributed by atoms with Gasteiger partial charge in [0.15, 0.2) is 11.5 Å². The van der Waals surface area contributed by atoms with Crippen LogP contribution in [0.1, 0.15) is 5.56 Å². The second-order valence-electron chi connectivity index (χ2n) is 10.6. The van der Waals surface area contributed by atoms with Crippen molar-refractivity contribution in [2.45, 2.75) is 6.54 Å². The molecule has 1 fully saturated rings. The maximum atomic E-state index is 12.3. The molecule has 11 nitrogen and oxygen atoms in total. The Bertz CT molecular complexity index is 1960. The van der Waals surface area contributed by atoms with Crippen molar-refractivity contribution in [3.8, 4) is 28.5 Å². The lowest BCUT2D eigenvalue weighted by Crippen LogP contribution is -2.46. The number of nitrogen functional groups attached to an aromatic ring is 1. The maximum Gasteiger partial charge on any atom is 0.250 e. The summed E-state index contributed by atoms with van der Waals surface area (Å²) in [5, 5.41) is 0. The SMILES string of the molecule is Cn1c(-c2ccc3nc(-c4cccnc4N)n(-c4ccc(CN5CCN(c6ccncn6)CC5)cc4)c3n2)cccc1=O. The number of fused-ring (bicyclic) bond motifs is 1. The highest BCUT2D eigenvalue weighted by Gasteiger charge is 2.21. The Morgan fingerprint density at radius 3 is 2.44 bits per heavy atom. The minimum atomic E-state index is -0.0947. The first-order valence-corrected chi connectivity index (χ1v) is 14.1. The molecule has 0 saturated carbocycles. The summed E-state index contributed by atoms with van der Waals surface area (Å²) in [5.74, 6) is 2.02. The molecular formula is C32H30N10O. The number of anilines is 2. The van der Waals surface area contributed by atoms with Gasteiger partial charge in [0, 0.05) is 63.9 Å². The summed E-state index contributed by atoms with van der Waals surface area (Å²) in [7, 11) is 1.75. The lowest BCUT2D eigenvalue weighted by molar-refractivity contribution is 0.249. The standard InChI is InChI=1S/C32H30N10O/c1-39-27(5-2-6-29(39)43)25-11-12-26-32(37-25)42(31(38-26)24-4-3-14-35-30(24)33)23-9-7-22(8-10-23)20-40-16-18-41(19-17-40)28-13-15-34-21-36-28/h2-15,21H,16-20H2,1H3,(H2,33,35). The van der Waals surface area contributed by atoms with Crippen molar-refractivity contribution in [1.29, 1.82) is 0 Å². The predicted molar refractivity (Wildman–Crippen MR) is 167 cm³/mol. The third-order valence-electron chi connectivity index (χ3n) is 7.89. The minimum absolute atomic E-state index is 0.0947. The second-order valence-corrected chi connectivity index (χ2v) is 10.6. The van der Waals surface area contributed by atoms with Crippen LogP contribution in [0.2, 0.25) is 0 Å². The van der Waals surface area contributed by atoms with Crippen LogP contribution in [0.3, 0.4) is 0 Å². The highest BCUT2D eigenvalue weighted by atomic mass is 16.1. The van der Waals surface area contributed by atoms with Crippen LogP contribution < -0.4 is 16.2 Å². The van der Waals surface area contributed by atoms with Gasteiger partial charge in [0.25, 0.3) is 5.56 Å². The molecule has 0 aliphatic carbocycles. The van der Waals surface area contributed by atoms with E-state index < -0.39 is 0 Å². The van der Waals surface area contributed by atoms with Gasteiger partial charge in [0.2, 0.25) is 0 Å². The maximum absolute atomic E-state index is 12.3. The van der Waals surface area contributed by atoms with E-state index in [0.717, 1.165) is 55.5 Å². The number of aromatic nitrogens is 7. The molecule has 1 aliphatic rings. The molecule has 214 valence electrons. The van der Waals surface area contributed by atoms with Crippen LogP contribution in [-0.4, -0.2) is 65.1 Å². The topological polar surface area (TPSA) is 124 Å². The Kier molecular flexibility index (Phi) is 6.84. The summed E-state index contributed by atoms with van der Waals surface area (Å²) in [5.41, 5.74) is 11.9. The molecular weight excluding hydrogens is 540 g/mol. The van der Waals surface area contributed by atoms with Crippen LogP contribution in [0.25, 0.3) is 39.6 Å². The number of benzene rings is 1. The summed E-state index contributed by atoms with van der Waals surface area (Å²) in [6.07, 6.45) is 5.05. The fourth-order valence-corrected chi connectivity index (χ4v) is 5.57. The van der Waals surface area contributed by atoms with E-state index in [9.17, 15) is 4.79 Å². The molecule has 5 aromatic heterocycles. The van der Waals surface area contributed by atoms with Gasteiger partial charge in [-0.1, -0.05) is 18.2 Å². The molecule has 1 saturated heterocycles. The van der Waals surface area contributed by atoms with E-state index in [2.05, 4.69) is 49.0 Å². The number of imidazole rings is 1. The Balaban J connectivity index is 1.22. The van der Waals surface area contributed by atoms with Gasteiger partial charge in [-0.2, -0.15) is 0 Å². The normalized spacial score (nSPS) is 13.9. The van der Waals surface area contributed by atoms with Gasteiger partial charge in [-0.05, 0) is 54.1 Å². The number of hydrogen-bond donors (Lipinski definition) is 1. The summed E-state index contributed by atoms with van der Waals surface area (Å²) < 4.78 is 3.61. The fraction of sp³-hybridized carbons (Fsp3) is 0.188. The molecule has 6 heterocycles. The van der Waals surface area contributed by atoms with Gasteiger partial charge in [0.1, 0.15) is 23.5 Å². The largest absolute Gasteiger partial charge is 0.383 e. The molecule has 0 amide bonds. The van der Waals surface area contributed by atoms with Crippen molar-refractivity contribution >= 4 is 22.8 Å². The van der Waals surface area contributed by atoms with Crippen molar-refractivity contribution in [2.24, 2.45) is 7.05 Å². The van der Waals surface area contributed by atoms with Gasteiger partial charge >= 0.3 is 0 Å². The van der Waals surface area contributed by atoms with E-state index in [1.54, 1.807) is 36.4 Å². The molecule has 0 spiro atoms. The second kappa shape index (κ2) is 11.1. The lowest BCUT2D eigenvalue weighted by atomic mass is 10.1. The van der Waals surface area contributed by atoms with Crippen LogP contribution in [0.15, 0.2) is 96.3 Å². The molecule has 7 rings (SSSR count). The first-order chi connectivity index (χ1) is 21.0. The van der Waals surface area contributed by atoms with E-state index in [1.807, 2.05) is 41.0 Å². The van der Waals surface area contributed by atoms with Crippen molar-refractivity contribution < 1.29 is 0 Å². The molecule has 0 unspecified atom stereocenters. The molecule has 11 heteroatoms. The average Bonchev–Trinajstić information content (AvgIpc) is 3.42. The van der Waals surface area contributed by atoms with E-state index >= 15 is 0 Å². The molecule has 1 aliphatic heterocycles. The number of rotatable bonds is 6. The summed E-state index contributed by atoms with van der Waals surface area (Å²) >= 11 is 0. The zero-order valence-corrected chi connectivity index (χ0v) is 23.7. The minimum Gasteiger partial charge on any atom is -0.383 e. The molecule has 0 radical (unpaired) electrons. The zero-order chi connectivity index (χ0) is 29.3.